The average Bonchev–Trinajstić information content (AvgIpc) is 3.07. The summed E-state index contributed by atoms with van der Waals surface area (Å²) in [6, 6.07) is 12.4. The molecule has 0 unspecified atom stereocenters. The first kappa shape index (κ1) is 16.1. The smallest absolute Gasteiger partial charge is 0.255 e. The van der Waals surface area contributed by atoms with Gasteiger partial charge in [0, 0.05) is 40.2 Å². The number of hydrogen-bond acceptors (Lipinski definition) is 1. The van der Waals surface area contributed by atoms with Crippen molar-refractivity contribution >= 4 is 38.3 Å². The van der Waals surface area contributed by atoms with Gasteiger partial charge < -0.3 is 9.88 Å². The molecule has 126 valence electrons. The van der Waals surface area contributed by atoms with E-state index in [4.69, 9.17) is 0 Å². The Bertz CT molecular complexity index is 992. The first-order valence-corrected chi connectivity index (χ1v) is 8.92. The minimum atomic E-state index is -0.404. The molecule has 25 heavy (non-hydrogen) atoms. The lowest BCUT2D eigenvalue weighted by Crippen LogP contribution is -2.34. The maximum atomic E-state index is 13.5. The number of halogens is 2. The Labute approximate surface area is 153 Å². The van der Waals surface area contributed by atoms with Crippen LogP contribution >= 0.6 is 15.9 Å². The summed E-state index contributed by atoms with van der Waals surface area (Å²) < 4.78 is 14.1. The van der Waals surface area contributed by atoms with Crippen molar-refractivity contribution in [3.8, 4) is 0 Å². The van der Waals surface area contributed by atoms with Crippen molar-refractivity contribution in [2.75, 3.05) is 13.1 Å². The van der Waals surface area contributed by atoms with Gasteiger partial charge in [-0.1, -0.05) is 24.3 Å². The summed E-state index contributed by atoms with van der Waals surface area (Å²) in [7, 11) is 0. The molecule has 0 fully saturated rings. The number of carbonyl (C=O) groups is 1. The van der Waals surface area contributed by atoms with E-state index in [0.717, 1.165) is 11.9 Å². The van der Waals surface area contributed by atoms with E-state index in [1.165, 1.54) is 28.7 Å². The van der Waals surface area contributed by atoms with Crippen molar-refractivity contribution in [1.82, 2.24) is 9.88 Å². The molecule has 0 radical (unpaired) electrons. The maximum Gasteiger partial charge on any atom is 0.255 e. The number of aromatic amines is 1. The summed E-state index contributed by atoms with van der Waals surface area (Å²) in [6.07, 6.45) is 4.89. The van der Waals surface area contributed by atoms with E-state index in [2.05, 4.69) is 39.1 Å². The average molecular weight is 399 g/mol. The molecule has 0 spiro atoms. The highest BCUT2D eigenvalue weighted by Crippen LogP contribution is 2.30. The summed E-state index contributed by atoms with van der Waals surface area (Å²) in [4.78, 5) is 17.7. The molecule has 1 N–H and O–H groups in total. The van der Waals surface area contributed by atoms with Gasteiger partial charge in [-0.15, -0.1) is 0 Å². The molecule has 1 aromatic heterocycles. The molecule has 1 aliphatic heterocycles. The highest BCUT2D eigenvalue weighted by molar-refractivity contribution is 9.10. The van der Waals surface area contributed by atoms with Gasteiger partial charge in [0.15, 0.2) is 0 Å². The van der Waals surface area contributed by atoms with Crippen LogP contribution in [0, 0.1) is 5.82 Å². The Morgan fingerprint density at radius 2 is 2.04 bits per heavy atom. The van der Waals surface area contributed by atoms with Crippen LogP contribution in [0.25, 0.3) is 16.5 Å². The molecule has 0 aliphatic carbocycles. The Morgan fingerprint density at radius 1 is 1.20 bits per heavy atom. The number of benzene rings is 2. The molecule has 0 saturated heterocycles. The molecule has 3 nitrogen and oxygen atoms in total. The van der Waals surface area contributed by atoms with Gasteiger partial charge in [0.1, 0.15) is 5.82 Å². The van der Waals surface area contributed by atoms with Crippen LogP contribution in [0.15, 0.2) is 59.2 Å². The zero-order valence-electron chi connectivity index (χ0n) is 13.4. The fraction of sp³-hybridized carbons (Fsp3) is 0.150. The van der Waals surface area contributed by atoms with Gasteiger partial charge in [-0.25, -0.2) is 4.39 Å². The Hall–Kier alpha value is -2.40. The number of hydrogen-bond donors (Lipinski definition) is 1. The normalized spacial score (nSPS) is 14.6. The standard InChI is InChI=1S/C20H16BrFN2O/c21-18-6-5-14(22)11-16(18)20(25)24-9-7-13(8-10-24)17-12-23-19-4-2-1-3-15(17)19/h1-7,11-12,23H,8-10H2. The summed E-state index contributed by atoms with van der Waals surface area (Å²) in [6.45, 7) is 1.14. The van der Waals surface area contributed by atoms with Crippen LogP contribution in [-0.2, 0) is 0 Å². The summed E-state index contributed by atoms with van der Waals surface area (Å²) in [5.74, 6) is -0.556. The van der Waals surface area contributed by atoms with Gasteiger partial charge in [0.05, 0.1) is 5.56 Å². The zero-order chi connectivity index (χ0) is 17.4. The first-order valence-electron chi connectivity index (χ1n) is 8.13. The molecule has 2 heterocycles. The minimum Gasteiger partial charge on any atom is -0.361 e. The van der Waals surface area contributed by atoms with Crippen LogP contribution in [-0.4, -0.2) is 28.9 Å². The van der Waals surface area contributed by atoms with E-state index in [1.54, 1.807) is 11.0 Å². The van der Waals surface area contributed by atoms with E-state index < -0.39 is 5.82 Å². The van der Waals surface area contributed by atoms with Crippen LogP contribution in [0.1, 0.15) is 22.3 Å². The van der Waals surface area contributed by atoms with Gasteiger partial charge in [-0.2, -0.15) is 0 Å². The third kappa shape index (κ3) is 3.00. The van der Waals surface area contributed by atoms with E-state index >= 15 is 0 Å². The number of nitrogens with one attached hydrogen (secondary N) is 1. The topological polar surface area (TPSA) is 36.1 Å². The SMILES string of the molecule is O=C(c1cc(F)ccc1Br)N1CC=C(c2c[nH]c3ccccc23)CC1. The molecule has 1 amide bonds. The molecule has 1 aliphatic rings. The number of aromatic nitrogens is 1. The molecule has 4 rings (SSSR count). The second-order valence-corrected chi connectivity index (χ2v) is 6.96. The number of carbonyl (C=O) groups excluding carboxylic acids is 1. The van der Waals surface area contributed by atoms with E-state index in [0.29, 0.717) is 23.1 Å². The molecular formula is C20H16BrFN2O. The van der Waals surface area contributed by atoms with Gasteiger partial charge in [-0.3, -0.25) is 4.79 Å². The van der Waals surface area contributed by atoms with Crippen molar-refractivity contribution < 1.29 is 9.18 Å². The number of H-pyrrole nitrogens is 1. The predicted octanol–water partition coefficient (Wildman–Crippen LogP) is 5.00. The lowest BCUT2D eigenvalue weighted by atomic mass is 9.98. The molecule has 0 saturated carbocycles. The zero-order valence-corrected chi connectivity index (χ0v) is 15.0. The van der Waals surface area contributed by atoms with Crippen LogP contribution in [0.4, 0.5) is 4.39 Å². The number of fused-ring (bicyclic) bond motifs is 1. The monoisotopic (exact) mass is 398 g/mol. The van der Waals surface area contributed by atoms with Crippen molar-refractivity contribution in [2.24, 2.45) is 0 Å². The number of amides is 1. The Morgan fingerprint density at radius 3 is 2.84 bits per heavy atom. The van der Waals surface area contributed by atoms with Gasteiger partial charge >= 0.3 is 0 Å². The quantitative estimate of drug-likeness (QED) is 0.647. The van der Waals surface area contributed by atoms with Gasteiger partial charge in [0.25, 0.3) is 5.91 Å². The largest absolute Gasteiger partial charge is 0.361 e. The van der Waals surface area contributed by atoms with Crippen molar-refractivity contribution in [2.45, 2.75) is 6.42 Å². The summed E-state index contributed by atoms with van der Waals surface area (Å²) in [5, 5.41) is 1.20. The summed E-state index contributed by atoms with van der Waals surface area (Å²) >= 11 is 3.33. The minimum absolute atomic E-state index is 0.152. The van der Waals surface area contributed by atoms with Crippen molar-refractivity contribution in [1.29, 1.82) is 0 Å². The number of nitrogens with zero attached hydrogens (tertiary/aromatic N) is 1. The number of para-hydroxylation sites is 1. The Balaban J connectivity index is 1.58. The van der Waals surface area contributed by atoms with Crippen LogP contribution in [0.5, 0.6) is 0 Å². The first-order chi connectivity index (χ1) is 12.1. The molecule has 2 aromatic carbocycles. The fourth-order valence-corrected chi connectivity index (χ4v) is 3.68. The third-order valence-corrected chi connectivity index (χ3v) is 5.28. The maximum absolute atomic E-state index is 13.5. The second-order valence-electron chi connectivity index (χ2n) is 6.10. The van der Waals surface area contributed by atoms with E-state index in [1.807, 2.05) is 18.3 Å². The molecular weight excluding hydrogens is 383 g/mol. The lowest BCUT2D eigenvalue weighted by molar-refractivity contribution is 0.0771. The molecule has 3 aromatic rings. The van der Waals surface area contributed by atoms with Gasteiger partial charge in [0.2, 0.25) is 0 Å². The second kappa shape index (κ2) is 6.48. The highest BCUT2D eigenvalue weighted by atomic mass is 79.9. The van der Waals surface area contributed by atoms with E-state index in [9.17, 15) is 9.18 Å². The van der Waals surface area contributed by atoms with Crippen molar-refractivity contribution in [3.05, 3.63) is 76.2 Å². The molecule has 5 heteroatoms. The third-order valence-electron chi connectivity index (χ3n) is 4.59. The lowest BCUT2D eigenvalue weighted by Gasteiger charge is -2.27. The fourth-order valence-electron chi connectivity index (χ4n) is 3.27. The van der Waals surface area contributed by atoms with Crippen LogP contribution in [0.2, 0.25) is 0 Å². The molecule has 0 atom stereocenters. The van der Waals surface area contributed by atoms with Crippen LogP contribution < -0.4 is 0 Å². The number of rotatable bonds is 2. The van der Waals surface area contributed by atoms with Gasteiger partial charge in [-0.05, 0) is 52.2 Å². The van der Waals surface area contributed by atoms with E-state index in [-0.39, 0.29) is 5.91 Å². The summed E-state index contributed by atoms with van der Waals surface area (Å²) in [5.41, 5.74) is 3.90. The van der Waals surface area contributed by atoms with Crippen molar-refractivity contribution in [3.63, 3.8) is 0 Å². The van der Waals surface area contributed by atoms with Crippen LogP contribution in [0.3, 0.4) is 0 Å². The highest BCUT2D eigenvalue weighted by Gasteiger charge is 2.22. The predicted molar refractivity (Wildman–Crippen MR) is 101 cm³/mol. The molecule has 0 bridgehead atoms. The Kier molecular flexibility index (Phi) is 4.17.